The number of carbonyl (C=O) groups is 2. The Hall–Kier alpha value is -2.31. The fourth-order valence-electron chi connectivity index (χ4n) is 4.32. The molecule has 2 aromatic carbocycles. The van der Waals surface area contributed by atoms with Gasteiger partial charge in [0.1, 0.15) is 0 Å². The molecule has 0 bridgehead atoms. The summed E-state index contributed by atoms with van der Waals surface area (Å²) in [5, 5.41) is 6.14. The standard InChI is InChI=1S/C25H31N3O2S/c29-24(26-21-12-15-28(16-13-21)18-19-6-2-1-3-7-19)14-17-31-23-11-10-20-8-4-5-9-22(20)27-25(23)30/h1-9,21,23H,10-18H2,(H,26,29)(H,27,30)/t23-/m1/s1. The first kappa shape index (κ1) is 21.9. The van der Waals surface area contributed by atoms with Gasteiger partial charge in [-0.05, 0) is 42.9 Å². The number of aryl methyl sites for hydroxylation is 1. The van der Waals surface area contributed by atoms with E-state index in [1.807, 2.05) is 24.3 Å². The summed E-state index contributed by atoms with van der Waals surface area (Å²) in [7, 11) is 0. The highest BCUT2D eigenvalue weighted by atomic mass is 32.2. The first-order valence-corrected chi connectivity index (χ1v) is 12.3. The maximum Gasteiger partial charge on any atom is 0.237 e. The summed E-state index contributed by atoms with van der Waals surface area (Å²) in [5.74, 6) is 0.833. The van der Waals surface area contributed by atoms with E-state index in [2.05, 4.69) is 45.9 Å². The van der Waals surface area contributed by atoms with Crippen LogP contribution in [0.2, 0.25) is 0 Å². The smallest absolute Gasteiger partial charge is 0.237 e. The molecule has 0 saturated carbocycles. The van der Waals surface area contributed by atoms with Gasteiger partial charge in [-0.15, -0.1) is 11.8 Å². The van der Waals surface area contributed by atoms with Crippen LogP contribution in [0.25, 0.3) is 0 Å². The number of benzene rings is 2. The zero-order valence-electron chi connectivity index (χ0n) is 17.9. The summed E-state index contributed by atoms with van der Waals surface area (Å²) in [6, 6.07) is 18.8. The number of carbonyl (C=O) groups excluding carboxylic acids is 2. The number of para-hydroxylation sites is 1. The number of likely N-dealkylation sites (tertiary alicyclic amines) is 1. The average Bonchev–Trinajstić information content (AvgIpc) is 2.94. The van der Waals surface area contributed by atoms with Gasteiger partial charge in [0.2, 0.25) is 11.8 Å². The SMILES string of the molecule is O=C(CCS[C@@H]1CCc2ccccc2NC1=O)NC1CCN(Cc2ccccc2)CC1. The van der Waals surface area contributed by atoms with Crippen LogP contribution < -0.4 is 10.6 Å². The van der Waals surface area contributed by atoms with Crippen LogP contribution in [0.4, 0.5) is 5.69 Å². The van der Waals surface area contributed by atoms with Crippen LogP contribution in [-0.2, 0) is 22.6 Å². The molecular weight excluding hydrogens is 406 g/mol. The van der Waals surface area contributed by atoms with E-state index in [1.165, 1.54) is 11.1 Å². The Labute approximate surface area is 189 Å². The highest BCUT2D eigenvalue weighted by Crippen LogP contribution is 2.27. The van der Waals surface area contributed by atoms with Crippen molar-refractivity contribution in [1.29, 1.82) is 0 Å². The van der Waals surface area contributed by atoms with Crippen LogP contribution in [0.1, 0.15) is 36.8 Å². The molecule has 0 aliphatic carbocycles. The van der Waals surface area contributed by atoms with Gasteiger partial charge in [-0.1, -0.05) is 48.5 Å². The van der Waals surface area contributed by atoms with Crippen molar-refractivity contribution in [3.8, 4) is 0 Å². The molecule has 2 heterocycles. The summed E-state index contributed by atoms with van der Waals surface area (Å²) >= 11 is 1.60. The van der Waals surface area contributed by atoms with Crippen LogP contribution in [-0.4, -0.2) is 46.8 Å². The molecule has 0 spiro atoms. The second-order valence-corrected chi connectivity index (χ2v) is 9.71. The predicted molar refractivity (Wildman–Crippen MR) is 127 cm³/mol. The van der Waals surface area contributed by atoms with Gasteiger partial charge in [-0.25, -0.2) is 0 Å². The third kappa shape index (κ3) is 6.34. The summed E-state index contributed by atoms with van der Waals surface area (Å²) < 4.78 is 0. The molecule has 0 radical (unpaired) electrons. The van der Waals surface area contributed by atoms with Crippen molar-refractivity contribution in [2.24, 2.45) is 0 Å². The fraction of sp³-hybridized carbons (Fsp3) is 0.440. The zero-order chi connectivity index (χ0) is 21.5. The van der Waals surface area contributed by atoms with Crippen LogP contribution in [0, 0.1) is 0 Å². The molecule has 2 amide bonds. The van der Waals surface area contributed by atoms with Gasteiger partial charge in [0.25, 0.3) is 0 Å². The van der Waals surface area contributed by atoms with Gasteiger partial charge in [0.15, 0.2) is 0 Å². The molecule has 2 aliphatic heterocycles. The number of nitrogens with one attached hydrogen (secondary N) is 2. The Morgan fingerprint density at radius 3 is 2.58 bits per heavy atom. The monoisotopic (exact) mass is 437 g/mol. The number of hydrogen-bond acceptors (Lipinski definition) is 4. The van der Waals surface area contributed by atoms with Crippen LogP contribution in [0.3, 0.4) is 0 Å². The van der Waals surface area contributed by atoms with E-state index < -0.39 is 0 Å². The van der Waals surface area contributed by atoms with E-state index >= 15 is 0 Å². The third-order valence-electron chi connectivity index (χ3n) is 6.09. The van der Waals surface area contributed by atoms with Crippen molar-refractivity contribution in [3.63, 3.8) is 0 Å². The van der Waals surface area contributed by atoms with Crippen LogP contribution >= 0.6 is 11.8 Å². The molecule has 31 heavy (non-hydrogen) atoms. The van der Waals surface area contributed by atoms with Crippen LogP contribution in [0.15, 0.2) is 54.6 Å². The Kier molecular flexibility index (Phi) is 7.65. The normalized spacial score (nSPS) is 19.9. The number of hydrogen-bond donors (Lipinski definition) is 2. The molecular formula is C25H31N3O2S. The summed E-state index contributed by atoms with van der Waals surface area (Å²) in [4.78, 5) is 27.4. The van der Waals surface area contributed by atoms with Gasteiger partial charge >= 0.3 is 0 Å². The number of anilines is 1. The number of nitrogens with zero attached hydrogens (tertiary/aromatic N) is 1. The lowest BCUT2D eigenvalue weighted by Crippen LogP contribution is -2.44. The minimum absolute atomic E-state index is 0.0566. The van der Waals surface area contributed by atoms with Gasteiger partial charge < -0.3 is 10.6 Å². The highest BCUT2D eigenvalue weighted by Gasteiger charge is 2.24. The molecule has 1 saturated heterocycles. The Morgan fingerprint density at radius 1 is 1.03 bits per heavy atom. The minimum atomic E-state index is -0.0959. The Morgan fingerprint density at radius 2 is 1.77 bits per heavy atom. The molecule has 0 aromatic heterocycles. The lowest BCUT2D eigenvalue weighted by Gasteiger charge is -2.32. The molecule has 6 heteroatoms. The average molecular weight is 438 g/mol. The lowest BCUT2D eigenvalue weighted by atomic mass is 10.0. The highest BCUT2D eigenvalue weighted by molar-refractivity contribution is 8.00. The van der Waals surface area contributed by atoms with E-state index in [-0.39, 0.29) is 23.1 Å². The van der Waals surface area contributed by atoms with Crippen molar-refractivity contribution in [2.75, 3.05) is 24.2 Å². The number of piperidine rings is 1. The Balaban J connectivity index is 1.14. The summed E-state index contributed by atoms with van der Waals surface area (Å²) in [6.07, 6.45) is 4.16. The summed E-state index contributed by atoms with van der Waals surface area (Å²) in [5.41, 5.74) is 3.45. The molecule has 2 aromatic rings. The van der Waals surface area contributed by atoms with Gasteiger partial charge in [0.05, 0.1) is 5.25 Å². The van der Waals surface area contributed by atoms with E-state index in [0.29, 0.717) is 12.2 Å². The minimum Gasteiger partial charge on any atom is -0.353 e. The van der Waals surface area contributed by atoms with Crippen molar-refractivity contribution in [3.05, 3.63) is 65.7 Å². The molecule has 0 unspecified atom stereocenters. The largest absolute Gasteiger partial charge is 0.353 e. The number of thioether (sulfide) groups is 1. The number of rotatable bonds is 7. The van der Waals surface area contributed by atoms with Crippen molar-refractivity contribution < 1.29 is 9.59 Å². The van der Waals surface area contributed by atoms with Gasteiger partial charge in [0, 0.05) is 43.5 Å². The van der Waals surface area contributed by atoms with E-state index in [4.69, 9.17) is 0 Å². The quantitative estimate of drug-likeness (QED) is 0.691. The predicted octanol–water partition coefficient (Wildman–Crippen LogP) is 3.84. The maximum atomic E-state index is 12.5. The van der Waals surface area contributed by atoms with Gasteiger partial charge in [-0.3, -0.25) is 14.5 Å². The third-order valence-corrected chi connectivity index (χ3v) is 7.39. The molecule has 1 fully saturated rings. The molecule has 164 valence electrons. The van der Waals surface area contributed by atoms with Crippen LogP contribution in [0.5, 0.6) is 0 Å². The fourth-order valence-corrected chi connectivity index (χ4v) is 5.40. The number of fused-ring (bicyclic) bond motifs is 1. The molecule has 2 aliphatic rings. The van der Waals surface area contributed by atoms with E-state index in [0.717, 1.165) is 51.0 Å². The molecule has 4 rings (SSSR count). The topological polar surface area (TPSA) is 61.4 Å². The molecule has 5 nitrogen and oxygen atoms in total. The first-order chi connectivity index (χ1) is 15.2. The zero-order valence-corrected chi connectivity index (χ0v) is 18.7. The molecule has 1 atom stereocenters. The first-order valence-electron chi connectivity index (χ1n) is 11.2. The van der Waals surface area contributed by atoms with Crippen molar-refractivity contribution in [2.45, 2.75) is 49.9 Å². The van der Waals surface area contributed by atoms with E-state index in [9.17, 15) is 9.59 Å². The molecule has 2 N–H and O–H groups in total. The lowest BCUT2D eigenvalue weighted by molar-refractivity contribution is -0.121. The maximum absolute atomic E-state index is 12.5. The van der Waals surface area contributed by atoms with Gasteiger partial charge in [-0.2, -0.15) is 0 Å². The van der Waals surface area contributed by atoms with E-state index in [1.54, 1.807) is 11.8 Å². The van der Waals surface area contributed by atoms with Crippen molar-refractivity contribution in [1.82, 2.24) is 10.2 Å². The summed E-state index contributed by atoms with van der Waals surface area (Å²) in [6.45, 7) is 3.00. The van der Waals surface area contributed by atoms with Crippen molar-refractivity contribution >= 4 is 29.3 Å². The second-order valence-electron chi connectivity index (χ2n) is 8.40. The Bertz CT molecular complexity index is 881. The number of amides is 2. The second kappa shape index (κ2) is 10.8.